The third kappa shape index (κ3) is 3.53. The molecule has 0 aliphatic heterocycles. The third-order valence-electron chi connectivity index (χ3n) is 3.42. The van der Waals surface area contributed by atoms with E-state index in [9.17, 15) is 4.79 Å². The first-order valence-corrected chi connectivity index (χ1v) is 7.50. The van der Waals surface area contributed by atoms with Crippen LogP contribution in [0.15, 0.2) is 11.6 Å². The van der Waals surface area contributed by atoms with Crippen molar-refractivity contribution in [2.75, 3.05) is 0 Å². The van der Waals surface area contributed by atoms with Crippen molar-refractivity contribution >= 4 is 17.2 Å². The van der Waals surface area contributed by atoms with Gasteiger partial charge in [-0.05, 0) is 26.7 Å². The van der Waals surface area contributed by atoms with Crippen molar-refractivity contribution in [3.8, 4) is 0 Å². The Kier molecular flexibility index (Phi) is 4.72. The summed E-state index contributed by atoms with van der Waals surface area (Å²) in [6.45, 7) is 3.95. The van der Waals surface area contributed by atoms with E-state index in [2.05, 4.69) is 15.6 Å². The predicted octanol–water partition coefficient (Wildman–Crippen LogP) is 2.24. The number of carbonyl (C=O) groups is 1. The Morgan fingerprint density at radius 1 is 1.44 bits per heavy atom. The molecule has 0 spiro atoms. The van der Waals surface area contributed by atoms with Gasteiger partial charge in [0.1, 0.15) is 5.01 Å². The lowest BCUT2D eigenvalue weighted by Gasteiger charge is -2.20. The molecule has 2 atom stereocenters. The highest BCUT2D eigenvalue weighted by molar-refractivity contribution is 7.09. The van der Waals surface area contributed by atoms with Crippen molar-refractivity contribution in [2.24, 2.45) is 0 Å². The van der Waals surface area contributed by atoms with Gasteiger partial charge in [-0.1, -0.05) is 12.8 Å². The van der Waals surface area contributed by atoms with Crippen LogP contribution in [0.2, 0.25) is 0 Å². The van der Waals surface area contributed by atoms with Crippen molar-refractivity contribution in [1.82, 2.24) is 15.6 Å². The van der Waals surface area contributed by atoms with Gasteiger partial charge in [0, 0.05) is 17.6 Å². The highest BCUT2D eigenvalue weighted by Crippen LogP contribution is 2.18. The molecule has 5 heteroatoms. The van der Waals surface area contributed by atoms with E-state index in [-0.39, 0.29) is 18.0 Å². The largest absolute Gasteiger partial charge is 0.352 e. The van der Waals surface area contributed by atoms with Gasteiger partial charge >= 0.3 is 0 Å². The summed E-state index contributed by atoms with van der Waals surface area (Å²) in [5.74, 6) is 0.102. The van der Waals surface area contributed by atoms with E-state index in [1.165, 1.54) is 12.8 Å². The highest BCUT2D eigenvalue weighted by Gasteiger charge is 2.22. The monoisotopic (exact) mass is 267 g/mol. The zero-order valence-corrected chi connectivity index (χ0v) is 11.8. The van der Waals surface area contributed by atoms with E-state index in [4.69, 9.17) is 0 Å². The molecule has 2 unspecified atom stereocenters. The SMILES string of the molecule is CC(NC(C)c1nccs1)C(=O)NC1CCCC1. The molecule has 0 radical (unpaired) electrons. The molecular formula is C13H21N3OS. The molecular weight excluding hydrogens is 246 g/mol. The van der Waals surface area contributed by atoms with Crippen molar-refractivity contribution in [3.05, 3.63) is 16.6 Å². The van der Waals surface area contributed by atoms with E-state index < -0.39 is 0 Å². The summed E-state index contributed by atoms with van der Waals surface area (Å²) in [7, 11) is 0. The van der Waals surface area contributed by atoms with Crippen LogP contribution in [0.3, 0.4) is 0 Å². The number of amides is 1. The van der Waals surface area contributed by atoms with Crippen LogP contribution in [0.25, 0.3) is 0 Å². The van der Waals surface area contributed by atoms with Crippen LogP contribution in [0.4, 0.5) is 0 Å². The molecule has 0 saturated heterocycles. The summed E-state index contributed by atoms with van der Waals surface area (Å²) in [6.07, 6.45) is 6.52. The molecule has 1 amide bonds. The normalized spacial score (nSPS) is 19.7. The Bertz CT molecular complexity index is 374. The highest BCUT2D eigenvalue weighted by atomic mass is 32.1. The quantitative estimate of drug-likeness (QED) is 0.860. The first kappa shape index (κ1) is 13.5. The van der Waals surface area contributed by atoms with Gasteiger partial charge in [0.25, 0.3) is 0 Å². The van der Waals surface area contributed by atoms with Gasteiger partial charge in [-0.3, -0.25) is 10.1 Å². The molecule has 100 valence electrons. The smallest absolute Gasteiger partial charge is 0.237 e. The lowest BCUT2D eigenvalue weighted by Crippen LogP contribution is -2.46. The first-order valence-electron chi connectivity index (χ1n) is 6.62. The summed E-state index contributed by atoms with van der Waals surface area (Å²) in [5, 5.41) is 9.38. The van der Waals surface area contributed by atoms with Crippen molar-refractivity contribution in [1.29, 1.82) is 0 Å². The second kappa shape index (κ2) is 6.29. The molecule has 0 bridgehead atoms. The van der Waals surface area contributed by atoms with Crippen LogP contribution < -0.4 is 10.6 Å². The maximum Gasteiger partial charge on any atom is 0.237 e. The summed E-state index contributed by atoms with van der Waals surface area (Å²) >= 11 is 1.61. The Morgan fingerprint density at radius 3 is 2.78 bits per heavy atom. The van der Waals surface area contributed by atoms with E-state index >= 15 is 0 Å². The number of nitrogens with zero attached hydrogens (tertiary/aromatic N) is 1. The maximum atomic E-state index is 12.0. The number of hydrogen-bond donors (Lipinski definition) is 2. The van der Waals surface area contributed by atoms with Crippen molar-refractivity contribution in [2.45, 2.75) is 57.7 Å². The van der Waals surface area contributed by atoms with Crippen molar-refractivity contribution in [3.63, 3.8) is 0 Å². The lowest BCUT2D eigenvalue weighted by molar-refractivity contribution is -0.123. The van der Waals surface area contributed by atoms with Gasteiger partial charge in [-0.25, -0.2) is 4.98 Å². The Labute approximate surface area is 112 Å². The Balaban J connectivity index is 1.79. The van der Waals surface area contributed by atoms with Crippen LogP contribution in [0.5, 0.6) is 0 Å². The maximum absolute atomic E-state index is 12.0. The fourth-order valence-corrected chi connectivity index (χ4v) is 3.02. The minimum atomic E-state index is -0.176. The second-order valence-electron chi connectivity index (χ2n) is 4.97. The molecule has 1 heterocycles. The van der Waals surface area contributed by atoms with Gasteiger partial charge in [0.15, 0.2) is 0 Å². The number of nitrogens with one attached hydrogen (secondary N) is 2. The summed E-state index contributed by atoms with van der Waals surface area (Å²) in [4.78, 5) is 16.3. The van der Waals surface area contributed by atoms with Crippen LogP contribution >= 0.6 is 11.3 Å². The number of carbonyl (C=O) groups excluding carboxylic acids is 1. The zero-order valence-electron chi connectivity index (χ0n) is 11.0. The first-order chi connectivity index (χ1) is 8.66. The lowest BCUT2D eigenvalue weighted by atomic mass is 10.2. The molecule has 1 aromatic heterocycles. The number of hydrogen-bond acceptors (Lipinski definition) is 4. The van der Waals surface area contributed by atoms with E-state index in [1.54, 1.807) is 17.5 Å². The van der Waals surface area contributed by atoms with Gasteiger partial charge in [0.05, 0.1) is 12.1 Å². The fraction of sp³-hybridized carbons (Fsp3) is 0.692. The van der Waals surface area contributed by atoms with Gasteiger partial charge in [-0.2, -0.15) is 0 Å². The second-order valence-corrected chi connectivity index (χ2v) is 5.90. The predicted molar refractivity (Wildman–Crippen MR) is 73.5 cm³/mol. The molecule has 2 rings (SSSR count). The van der Waals surface area contributed by atoms with E-state index in [0.29, 0.717) is 6.04 Å². The minimum absolute atomic E-state index is 0.102. The minimum Gasteiger partial charge on any atom is -0.352 e. The summed E-state index contributed by atoms with van der Waals surface area (Å²) in [5.41, 5.74) is 0. The Morgan fingerprint density at radius 2 is 2.17 bits per heavy atom. The topological polar surface area (TPSA) is 54.0 Å². The number of rotatable bonds is 5. The average molecular weight is 267 g/mol. The number of thiazole rings is 1. The fourth-order valence-electron chi connectivity index (χ4n) is 2.37. The molecule has 1 aliphatic rings. The van der Waals surface area contributed by atoms with Crippen LogP contribution in [-0.2, 0) is 4.79 Å². The summed E-state index contributed by atoms with van der Waals surface area (Å²) in [6, 6.07) is 0.329. The van der Waals surface area contributed by atoms with Gasteiger partial charge in [-0.15, -0.1) is 11.3 Å². The Hall–Kier alpha value is -0.940. The van der Waals surface area contributed by atoms with Crippen molar-refractivity contribution < 1.29 is 4.79 Å². The summed E-state index contributed by atoms with van der Waals surface area (Å²) < 4.78 is 0. The van der Waals surface area contributed by atoms with Crippen LogP contribution in [0, 0.1) is 0 Å². The van der Waals surface area contributed by atoms with Crippen LogP contribution in [-0.4, -0.2) is 23.0 Å². The molecule has 18 heavy (non-hydrogen) atoms. The van der Waals surface area contributed by atoms with Gasteiger partial charge in [0.2, 0.25) is 5.91 Å². The average Bonchev–Trinajstić information content (AvgIpc) is 3.01. The standard InChI is InChI=1S/C13H21N3OS/c1-9(12(17)16-11-5-3-4-6-11)15-10(2)13-14-7-8-18-13/h7-11,15H,3-6H2,1-2H3,(H,16,17). The number of aromatic nitrogens is 1. The van der Waals surface area contributed by atoms with Gasteiger partial charge < -0.3 is 5.32 Å². The molecule has 1 aliphatic carbocycles. The molecule has 4 nitrogen and oxygen atoms in total. The molecule has 0 aromatic carbocycles. The molecule has 1 fully saturated rings. The zero-order chi connectivity index (χ0) is 13.0. The molecule has 2 N–H and O–H groups in total. The van der Waals surface area contributed by atoms with Crippen LogP contribution in [0.1, 0.15) is 50.6 Å². The third-order valence-corrected chi connectivity index (χ3v) is 4.37. The van der Waals surface area contributed by atoms with E-state index in [0.717, 1.165) is 17.8 Å². The molecule has 1 saturated carbocycles. The van der Waals surface area contributed by atoms with E-state index in [1.807, 2.05) is 19.2 Å². The molecule has 1 aromatic rings.